The van der Waals surface area contributed by atoms with Crippen molar-refractivity contribution in [2.45, 2.75) is 25.7 Å². The predicted octanol–water partition coefficient (Wildman–Crippen LogP) is 2.11. The highest BCUT2D eigenvalue weighted by Gasteiger charge is 2.39. The van der Waals surface area contributed by atoms with Crippen LogP contribution in [0.1, 0.15) is 31.2 Å². The van der Waals surface area contributed by atoms with Crippen LogP contribution in [0.5, 0.6) is 0 Å². The van der Waals surface area contributed by atoms with E-state index in [0.29, 0.717) is 19.5 Å². The van der Waals surface area contributed by atoms with E-state index >= 15 is 0 Å². The molecule has 0 spiro atoms. The highest BCUT2D eigenvalue weighted by molar-refractivity contribution is 5.79. The lowest BCUT2D eigenvalue weighted by atomic mass is 9.89. The van der Waals surface area contributed by atoms with Crippen molar-refractivity contribution >= 4 is 11.9 Å². The fraction of sp³-hybridized carbons (Fsp3) is 0.467. The third-order valence-electron chi connectivity index (χ3n) is 3.68. The highest BCUT2D eigenvalue weighted by atomic mass is 16.4. The predicted molar refractivity (Wildman–Crippen MR) is 71.8 cm³/mol. The minimum Gasteiger partial charge on any atom is -0.481 e. The minimum atomic E-state index is -0.819. The summed E-state index contributed by atoms with van der Waals surface area (Å²) < 4.78 is 0. The van der Waals surface area contributed by atoms with Crippen molar-refractivity contribution in [2.75, 3.05) is 13.1 Å². The molecule has 4 nitrogen and oxygen atoms in total. The number of aliphatic carboxylic acids is 1. The number of benzene rings is 1. The Bertz CT molecular complexity index is 458. The van der Waals surface area contributed by atoms with Crippen molar-refractivity contribution in [3.63, 3.8) is 0 Å². The summed E-state index contributed by atoms with van der Waals surface area (Å²) in [4.78, 5) is 25.0. The van der Waals surface area contributed by atoms with Crippen LogP contribution >= 0.6 is 0 Å². The van der Waals surface area contributed by atoms with Crippen LogP contribution in [-0.2, 0) is 9.59 Å². The SMILES string of the molecule is CCCC(=O)N1C[C@H](C(=O)O)[C@@H](c2ccccc2)C1. The van der Waals surface area contributed by atoms with E-state index in [4.69, 9.17) is 0 Å². The molecule has 2 rings (SSSR count). The highest BCUT2D eigenvalue weighted by Crippen LogP contribution is 2.33. The molecule has 1 N–H and O–H groups in total. The zero-order valence-electron chi connectivity index (χ0n) is 11.1. The monoisotopic (exact) mass is 261 g/mol. The summed E-state index contributed by atoms with van der Waals surface area (Å²) in [6.45, 7) is 2.80. The minimum absolute atomic E-state index is 0.0622. The number of rotatable bonds is 4. The summed E-state index contributed by atoms with van der Waals surface area (Å²) in [6, 6.07) is 9.60. The fourth-order valence-corrected chi connectivity index (χ4v) is 2.67. The maximum atomic E-state index is 11.9. The summed E-state index contributed by atoms with van der Waals surface area (Å²) >= 11 is 0. The molecule has 0 bridgehead atoms. The molecular weight excluding hydrogens is 242 g/mol. The summed E-state index contributed by atoms with van der Waals surface area (Å²) in [7, 11) is 0. The second-order valence-electron chi connectivity index (χ2n) is 5.01. The van der Waals surface area contributed by atoms with Crippen molar-refractivity contribution in [1.29, 1.82) is 0 Å². The molecule has 0 aliphatic carbocycles. The zero-order valence-corrected chi connectivity index (χ0v) is 11.1. The lowest BCUT2D eigenvalue weighted by Gasteiger charge is -2.16. The second kappa shape index (κ2) is 5.87. The number of hydrogen-bond donors (Lipinski definition) is 1. The van der Waals surface area contributed by atoms with Crippen LogP contribution in [0.15, 0.2) is 30.3 Å². The molecule has 0 unspecified atom stereocenters. The van der Waals surface area contributed by atoms with Crippen LogP contribution in [-0.4, -0.2) is 35.0 Å². The van der Waals surface area contributed by atoms with Crippen LogP contribution < -0.4 is 0 Å². The van der Waals surface area contributed by atoms with E-state index in [2.05, 4.69) is 0 Å². The van der Waals surface area contributed by atoms with E-state index in [1.165, 1.54) is 0 Å². The van der Waals surface area contributed by atoms with E-state index in [1.54, 1.807) is 4.90 Å². The normalized spacial score (nSPS) is 22.5. The molecule has 4 heteroatoms. The van der Waals surface area contributed by atoms with Gasteiger partial charge in [0.05, 0.1) is 5.92 Å². The Morgan fingerprint density at radius 1 is 1.26 bits per heavy atom. The van der Waals surface area contributed by atoms with Gasteiger partial charge in [-0.25, -0.2) is 0 Å². The Balaban J connectivity index is 2.18. The average molecular weight is 261 g/mol. The Labute approximate surface area is 113 Å². The quantitative estimate of drug-likeness (QED) is 0.903. The molecule has 0 aromatic heterocycles. The number of likely N-dealkylation sites (tertiary alicyclic amines) is 1. The van der Waals surface area contributed by atoms with Crippen molar-refractivity contribution in [3.8, 4) is 0 Å². The van der Waals surface area contributed by atoms with Gasteiger partial charge in [-0.3, -0.25) is 9.59 Å². The fourth-order valence-electron chi connectivity index (χ4n) is 2.67. The lowest BCUT2D eigenvalue weighted by molar-refractivity contribution is -0.141. The smallest absolute Gasteiger partial charge is 0.308 e. The third kappa shape index (κ3) is 2.95. The number of carboxylic acids is 1. The number of hydrogen-bond acceptors (Lipinski definition) is 2. The van der Waals surface area contributed by atoms with Crippen molar-refractivity contribution in [2.24, 2.45) is 5.92 Å². The van der Waals surface area contributed by atoms with Gasteiger partial charge in [-0.15, -0.1) is 0 Å². The van der Waals surface area contributed by atoms with E-state index in [1.807, 2.05) is 37.3 Å². The van der Waals surface area contributed by atoms with E-state index in [-0.39, 0.29) is 11.8 Å². The van der Waals surface area contributed by atoms with Gasteiger partial charge in [-0.2, -0.15) is 0 Å². The van der Waals surface area contributed by atoms with Crippen LogP contribution in [0.4, 0.5) is 0 Å². The molecule has 2 atom stereocenters. The van der Waals surface area contributed by atoms with E-state index in [9.17, 15) is 14.7 Å². The Morgan fingerprint density at radius 2 is 1.95 bits per heavy atom. The van der Waals surface area contributed by atoms with Crippen molar-refractivity contribution in [1.82, 2.24) is 4.90 Å². The molecule has 19 heavy (non-hydrogen) atoms. The largest absolute Gasteiger partial charge is 0.481 e. The first-order chi connectivity index (χ1) is 9.13. The standard InChI is InChI=1S/C15H19NO3/c1-2-6-14(17)16-9-12(13(10-16)15(18)19)11-7-4-3-5-8-11/h3-5,7-8,12-13H,2,6,9-10H2,1H3,(H,18,19)/t12-,13+/m1/s1. The molecule has 1 saturated heterocycles. The molecule has 1 amide bonds. The average Bonchev–Trinajstić information content (AvgIpc) is 2.85. The van der Waals surface area contributed by atoms with Crippen LogP contribution in [0.25, 0.3) is 0 Å². The molecular formula is C15H19NO3. The molecule has 0 radical (unpaired) electrons. The first kappa shape index (κ1) is 13.6. The Kier molecular flexibility index (Phi) is 4.20. The molecule has 0 saturated carbocycles. The Hall–Kier alpha value is -1.84. The molecule has 1 aromatic rings. The number of carboxylic acid groups (broad SMARTS) is 1. The number of nitrogens with zero attached hydrogens (tertiary/aromatic N) is 1. The first-order valence-electron chi connectivity index (χ1n) is 6.69. The second-order valence-corrected chi connectivity index (χ2v) is 5.01. The topological polar surface area (TPSA) is 57.6 Å². The first-order valence-corrected chi connectivity index (χ1v) is 6.69. The Morgan fingerprint density at radius 3 is 2.53 bits per heavy atom. The third-order valence-corrected chi connectivity index (χ3v) is 3.68. The number of amides is 1. The van der Waals surface area contributed by atoms with Gasteiger partial charge in [0.25, 0.3) is 0 Å². The summed E-state index contributed by atoms with van der Waals surface area (Å²) in [6.07, 6.45) is 1.29. The van der Waals surface area contributed by atoms with Gasteiger partial charge in [-0.05, 0) is 12.0 Å². The number of carbonyl (C=O) groups is 2. The molecule has 102 valence electrons. The van der Waals surface area contributed by atoms with Gasteiger partial charge < -0.3 is 10.0 Å². The van der Waals surface area contributed by atoms with Crippen LogP contribution in [0.2, 0.25) is 0 Å². The summed E-state index contributed by atoms with van der Waals surface area (Å²) in [5, 5.41) is 9.34. The molecule has 1 aliphatic rings. The van der Waals surface area contributed by atoms with Gasteiger partial charge in [0.2, 0.25) is 5.91 Å². The maximum absolute atomic E-state index is 11.9. The van der Waals surface area contributed by atoms with E-state index < -0.39 is 11.9 Å². The lowest BCUT2D eigenvalue weighted by Crippen LogP contribution is -2.29. The summed E-state index contributed by atoms with van der Waals surface area (Å²) in [5.74, 6) is -1.35. The zero-order chi connectivity index (χ0) is 13.8. The van der Waals surface area contributed by atoms with E-state index in [0.717, 1.165) is 12.0 Å². The van der Waals surface area contributed by atoms with Crippen molar-refractivity contribution < 1.29 is 14.7 Å². The van der Waals surface area contributed by atoms with Crippen LogP contribution in [0.3, 0.4) is 0 Å². The summed E-state index contributed by atoms with van der Waals surface area (Å²) in [5.41, 5.74) is 1.00. The van der Waals surface area contributed by atoms with Gasteiger partial charge >= 0.3 is 5.97 Å². The van der Waals surface area contributed by atoms with Gasteiger partial charge in [0.15, 0.2) is 0 Å². The molecule has 1 aliphatic heterocycles. The van der Waals surface area contributed by atoms with Crippen LogP contribution in [0, 0.1) is 5.92 Å². The molecule has 1 fully saturated rings. The number of carbonyl (C=O) groups excluding carboxylic acids is 1. The molecule has 1 aromatic carbocycles. The molecule has 1 heterocycles. The van der Waals surface area contributed by atoms with Gasteiger partial charge in [0.1, 0.15) is 0 Å². The van der Waals surface area contributed by atoms with Crippen molar-refractivity contribution in [3.05, 3.63) is 35.9 Å². The van der Waals surface area contributed by atoms with Gasteiger partial charge in [0, 0.05) is 25.4 Å². The van der Waals surface area contributed by atoms with Gasteiger partial charge in [-0.1, -0.05) is 37.3 Å². The maximum Gasteiger partial charge on any atom is 0.308 e.